The van der Waals surface area contributed by atoms with Crippen molar-refractivity contribution in [2.45, 2.75) is 25.3 Å². The molecule has 0 bridgehead atoms. The Bertz CT molecular complexity index is 1200. The Morgan fingerprint density at radius 1 is 1.10 bits per heavy atom. The van der Waals surface area contributed by atoms with Gasteiger partial charge in [0.1, 0.15) is 18.9 Å². The largest absolute Gasteiger partial charge is 0.489 e. The highest BCUT2D eigenvalue weighted by Gasteiger charge is 2.39. The molecule has 4 nitrogen and oxygen atoms in total. The Hall–Kier alpha value is -3.17. The number of halogens is 6. The molecule has 4 rings (SSSR count). The van der Waals surface area contributed by atoms with Crippen LogP contribution in [-0.2, 0) is 6.18 Å². The van der Waals surface area contributed by atoms with E-state index < -0.39 is 41.4 Å². The van der Waals surface area contributed by atoms with Crippen LogP contribution in [0.3, 0.4) is 0 Å². The number of fused-ring (bicyclic) bond motifs is 2. The van der Waals surface area contributed by atoms with E-state index in [4.69, 9.17) is 4.74 Å². The first-order chi connectivity index (χ1) is 14.4. The molecule has 0 saturated carbocycles. The summed E-state index contributed by atoms with van der Waals surface area (Å²) in [4.78, 5) is 15.0. The van der Waals surface area contributed by atoms with Gasteiger partial charge in [-0.1, -0.05) is 29.8 Å². The summed E-state index contributed by atoms with van der Waals surface area (Å²) in [5, 5.41) is -0.411. The van der Waals surface area contributed by atoms with Gasteiger partial charge in [0.2, 0.25) is 5.56 Å². The highest BCUT2D eigenvalue weighted by Crippen LogP contribution is 2.44. The number of hydrogen-bond donors (Lipinski definition) is 1. The second kappa shape index (κ2) is 7.21. The molecule has 0 radical (unpaired) electrons. The first kappa shape index (κ1) is 21.1. The second-order valence-corrected chi connectivity index (χ2v) is 7.39. The molecule has 10 heteroatoms. The van der Waals surface area contributed by atoms with Crippen molar-refractivity contribution >= 4 is 16.6 Å². The van der Waals surface area contributed by atoms with E-state index in [-0.39, 0.29) is 23.6 Å². The van der Waals surface area contributed by atoms with Crippen LogP contribution in [0.2, 0.25) is 0 Å². The van der Waals surface area contributed by atoms with Crippen molar-refractivity contribution in [3.05, 3.63) is 69.5 Å². The fraction of sp³-hybridized carbons (Fsp3) is 0.286. The molecule has 0 amide bonds. The van der Waals surface area contributed by atoms with Crippen LogP contribution < -0.4 is 15.2 Å². The van der Waals surface area contributed by atoms with Crippen LogP contribution in [0.25, 0.3) is 10.9 Å². The Labute approximate surface area is 172 Å². The Kier molecular flexibility index (Phi) is 4.90. The number of ether oxygens (including phenoxy) is 1. The lowest BCUT2D eigenvalue weighted by molar-refractivity contribution is -0.136. The maximum atomic E-state index is 13.5. The number of aromatic amines is 1. The summed E-state index contributed by atoms with van der Waals surface area (Å²) in [7, 11) is 0. The quantitative estimate of drug-likeness (QED) is 0.544. The lowest BCUT2D eigenvalue weighted by Gasteiger charge is -2.39. The molecule has 2 aromatic carbocycles. The van der Waals surface area contributed by atoms with E-state index >= 15 is 0 Å². The smallest absolute Gasteiger partial charge is 0.417 e. The zero-order chi connectivity index (χ0) is 22.6. The number of hydrogen-bond acceptors (Lipinski definition) is 3. The van der Waals surface area contributed by atoms with Crippen LogP contribution in [0.5, 0.6) is 5.75 Å². The molecular formula is C21H16F6N2O2. The predicted octanol–water partition coefficient (Wildman–Crippen LogP) is 5.36. The van der Waals surface area contributed by atoms with Gasteiger partial charge < -0.3 is 14.6 Å². The van der Waals surface area contributed by atoms with Crippen LogP contribution in [0.1, 0.15) is 22.7 Å². The summed E-state index contributed by atoms with van der Waals surface area (Å²) < 4.78 is 86.4. The average Bonchev–Trinajstić information content (AvgIpc) is 2.64. The van der Waals surface area contributed by atoms with Gasteiger partial charge in [-0.25, -0.2) is 0 Å². The van der Waals surface area contributed by atoms with Gasteiger partial charge in [-0.05, 0) is 18.6 Å². The lowest BCUT2D eigenvalue weighted by Crippen LogP contribution is -2.42. The number of alkyl halides is 6. The number of anilines is 1. The van der Waals surface area contributed by atoms with E-state index in [1.165, 1.54) is 0 Å². The topological polar surface area (TPSA) is 45.3 Å². The first-order valence-corrected chi connectivity index (χ1v) is 9.23. The van der Waals surface area contributed by atoms with Crippen molar-refractivity contribution in [1.82, 2.24) is 4.98 Å². The van der Waals surface area contributed by atoms with E-state index in [0.717, 1.165) is 22.6 Å². The fourth-order valence-corrected chi connectivity index (χ4v) is 3.82. The van der Waals surface area contributed by atoms with E-state index in [1.807, 2.05) is 0 Å². The summed E-state index contributed by atoms with van der Waals surface area (Å²) in [6.45, 7) is 0.272. The van der Waals surface area contributed by atoms with Gasteiger partial charge in [0, 0.05) is 17.5 Å². The summed E-state index contributed by atoms with van der Waals surface area (Å²) in [5.74, 6) is -0.0318. The van der Waals surface area contributed by atoms with Gasteiger partial charge in [0.25, 0.3) is 0 Å². The first-order valence-electron chi connectivity index (χ1n) is 9.23. The summed E-state index contributed by atoms with van der Waals surface area (Å²) >= 11 is 0. The normalized spacial score (nSPS) is 16.9. The number of H-pyrrole nitrogens is 1. The second-order valence-electron chi connectivity index (χ2n) is 7.39. The molecule has 0 fully saturated rings. The van der Waals surface area contributed by atoms with Gasteiger partial charge in [-0.2, -0.15) is 26.3 Å². The number of benzene rings is 2. The molecule has 31 heavy (non-hydrogen) atoms. The third kappa shape index (κ3) is 4.19. The maximum absolute atomic E-state index is 13.5. The van der Waals surface area contributed by atoms with Gasteiger partial charge >= 0.3 is 12.4 Å². The van der Waals surface area contributed by atoms with E-state index in [1.54, 1.807) is 31.2 Å². The molecular weight excluding hydrogens is 426 g/mol. The summed E-state index contributed by atoms with van der Waals surface area (Å²) in [6.07, 6.45) is -9.47. The summed E-state index contributed by atoms with van der Waals surface area (Å²) in [5.41, 5.74) is -1.11. The molecule has 1 aromatic heterocycles. The maximum Gasteiger partial charge on any atom is 0.417 e. The number of pyridine rings is 1. The average molecular weight is 442 g/mol. The van der Waals surface area contributed by atoms with Gasteiger partial charge in [0.05, 0.1) is 22.8 Å². The minimum Gasteiger partial charge on any atom is -0.489 e. The molecule has 0 aliphatic carbocycles. The summed E-state index contributed by atoms with van der Waals surface area (Å²) in [6, 6.07) is 8.51. The molecule has 1 atom stereocenters. The Morgan fingerprint density at radius 2 is 1.84 bits per heavy atom. The molecule has 1 aliphatic heterocycles. The van der Waals surface area contributed by atoms with Crippen LogP contribution in [0.4, 0.5) is 32.0 Å². The molecule has 1 N–H and O–H groups in total. The van der Waals surface area contributed by atoms with Crippen molar-refractivity contribution in [2.24, 2.45) is 0 Å². The molecule has 0 spiro atoms. The fourth-order valence-electron chi connectivity index (χ4n) is 3.82. The van der Waals surface area contributed by atoms with Crippen molar-refractivity contribution in [3.8, 4) is 5.75 Å². The Balaban J connectivity index is 1.93. The number of rotatable bonds is 2. The van der Waals surface area contributed by atoms with Gasteiger partial charge in [0.15, 0.2) is 0 Å². The molecule has 2 heterocycles. The van der Waals surface area contributed by atoms with Crippen LogP contribution in [0.15, 0.2) is 47.3 Å². The minimum absolute atomic E-state index is 0.0318. The van der Waals surface area contributed by atoms with Crippen LogP contribution in [-0.4, -0.2) is 24.3 Å². The van der Waals surface area contributed by atoms with Gasteiger partial charge in [-0.3, -0.25) is 4.79 Å². The number of aromatic nitrogens is 1. The zero-order valence-corrected chi connectivity index (χ0v) is 16.1. The molecule has 0 saturated heterocycles. The van der Waals surface area contributed by atoms with Crippen molar-refractivity contribution in [1.29, 1.82) is 0 Å². The van der Waals surface area contributed by atoms with Crippen LogP contribution in [0, 0.1) is 6.92 Å². The van der Waals surface area contributed by atoms with Gasteiger partial charge in [-0.15, -0.1) is 0 Å². The number of nitrogens with zero attached hydrogens (tertiary/aromatic N) is 1. The number of nitrogens with one attached hydrogen (secondary N) is 1. The van der Waals surface area contributed by atoms with Crippen molar-refractivity contribution in [3.63, 3.8) is 0 Å². The van der Waals surface area contributed by atoms with Crippen molar-refractivity contribution in [2.75, 3.05) is 18.1 Å². The molecule has 164 valence electrons. The van der Waals surface area contributed by atoms with E-state index in [2.05, 4.69) is 4.98 Å². The Morgan fingerprint density at radius 3 is 2.48 bits per heavy atom. The SMILES string of the molecule is Cc1cccc([C@@H]2COc3cc4[nH]c(=O)cc(C(F)(F)F)c4cc3N2CC(F)(F)F)c1. The predicted molar refractivity (Wildman–Crippen MR) is 102 cm³/mol. The van der Waals surface area contributed by atoms with E-state index in [9.17, 15) is 31.1 Å². The third-order valence-electron chi connectivity index (χ3n) is 5.09. The molecule has 3 aromatic rings. The molecule has 0 unspecified atom stereocenters. The zero-order valence-electron chi connectivity index (χ0n) is 16.1. The third-order valence-corrected chi connectivity index (χ3v) is 5.09. The van der Waals surface area contributed by atoms with Crippen LogP contribution >= 0.6 is 0 Å². The minimum atomic E-state index is -4.86. The highest BCUT2D eigenvalue weighted by atomic mass is 19.4. The molecule has 1 aliphatic rings. The van der Waals surface area contributed by atoms with E-state index in [0.29, 0.717) is 11.6 Å². The highest BCUT2D eigenvalue weighted by molar-refractivity contribution is 5.89. The standard InChI is InChI=1S/C21H16F6N2O2/c1-11-3-2-4-12(5-11)17-9-31-18-8-15-13(6-16(18)29(17)10-20(22,23)24)14(21(25,26)27)7-19(30)28-15/h2-8,17H,9-10H2,1H3,(H,28,30)/t17-/m0/s1. The lowest BCUT2D eigenvalue weighted by atomic mass is 9.99. The monoisotopic (exact) mass is 442 g/mol. The van der Waals surface area contributed by atoms with Crippen molar-refractivity contribution < 1.29 is 31.1 Å². The number of aryl methyl sites for hydroxylation is 1.